The molecule has 1 aromatic carbocycles. The zero-order chi connectivity index (χ0) is 13.8. The smallest absolute Gasteiger partial charge is 0.335 e. The Hall–Kier alpha value is -1.60. The van der Waals surface area contributed by atoms with Crippen molar-refractivity contribution in [3.05, 3.63) is 33.9 Å². The normalized spacial score (nSPS) is 18.4. The molecule has 0 saturated carbocycles. The lowest BCUT2D eigenvalue weighted by Crippen LogP contribution is -2.08. The lowest BCUT2D eigenvalue weighted by atomic mass is 10.2. The SMILES string of the molecule is O=C(O)c1ccc([N+](=O)[O-])c(SCC2CCCO2)c1. The van der Waals surface area contributed by atoms with Crippen molar-refractivity contribution >= 4 is 23.4 Å². The summed E-state index contributed by atoms with van der Waals surface area (Å²) in [6.45, 7) is 0.725. The maximum absolute atomic E-state index is 10.9. The molecule has 0 spiro atoms. The number of hydrogen-bond donors (Lipinski definition) is 1. The van der Waals surface area contributed by atoms with Gasteiger partial charge in [0, 0.05) is 18.4 Å². The second-order valence-corrected chi connectivity index (χ2v) is 5.25. The average molecular weight is 283 g/mol. The Morgan fingerprint density at radius 3 is 2.95 bits per heavy atom. The van der Waals surface area contributed by atoms with Crippen LogP contribution in [0.4, 0.5) is 5.69 Å². The molecule has 1 unspecified atom stereocenters. The molecule has 1 aliphatic rings. The number of nitro groups is 1. The molecular formula is C12H13NO5S. The molecule has 0 bridgehead atoms. The molecule has 2 rings (SSSR count). The van der Waals surface area contributed by atoms with Crippen LogP contribution in [-0.2, 0) is 4.74 Å². The first kappa shape index (κ1) is 13.8. The number of carboxylic acid groups (broad SMARTS) is 1. The van der Waals surface area contributed by atoms with E-state index in [1.807, 2.05) is 0 Å². The number of benzene rings is 1. The number of aromatic carboxylic acids is 1. The van der Waals surface area contributed by atoms with Crippen molar-refractivity contribution in [3.8, 4) is 0 Å². The summed E-state index contributed by atoms with van der Waals surface area (Å²) in [6.07, 6.45) is 2.04. The molecule has 1 heterocycles. The van der Waals surface area contributed by atoms with Crippen molar-refractivity contribution in [1.82, 2.24) is 0 Å². The predicted molar refractivity (Wildman–Crippen MR) is 69.8 cm³/mol. The van der Waals surface area contributed by atoms with Crippen LogP contribution in [0.15, 0.2) is 23.1 Å². The van der Waals surface area contributed by atoms with E-state index in [1.165, 1.54) is 30.0 Å². The minimum absolute atomic E-state index is 0.0560. The highest BCUT2D eigenvalue weighted by atomic mass is 32.2. The number of hydrogen-bond acceptors (Lipinski definition) is 5. The highest BCUT2D eigenvalue weighted by Crippen LogP contribution is 2.32. The first-order chi connectivity index (χ1) is 9.08. The van der Waals surface area contributed by atoms with Crippen LogP contribution in [0.5, 0.6) is 0 Å². The predicted octanol–water partition coefficient (Wildman–Crippen LogP) is 2.56. The fraction of sp³-hybridized carbons (Fsp3) is 0.417. The van der Waals surface area contributed by atoms with Crippen molar-refractivity contribution in [3.63, 3.8) is 0 Å². The molecule has 1 N–H and O–H groups in total. The van der Waals surface area contributed by atoms with Crippen molar-refractivity contribution in [2.24, 2.45) is 0 Å². The summed E-state index contributed by atoms with van der Waals surface area (Å²) in [5, 5.41) is 19.8. The van der Waals surface area contributed by atoms with Crippen LogP contribution in [0, 0.1) is 10.1 Å². The van der Waals surface area contributed by atoms with Crippen LogP contribution in [0.2, 0.25) is 0 Å². The number of carboxylic acids is 1. The van der Waals surface area contributed by atoms with Gasteiger partial charge >= 0.3 is 5.97 Å². The lowest BCUT2D eigenvalue weighted by Gasteiger charge is -2.09. The van der Waals surface area contributed by atoms with Gasteiger partial charge in [-0.15, -0.1) is 11.8 Å². The number of rotatable bonds is 5. The molecule has 0 aromatic heterocycles. The van der Waals surface area contributed by atoms with E-state index in [1.54, 1.807) is 0 Å². The van der Waals surface area contributed by atoms with Crippen molar-refractivity contribution in [1.29, 1.82) is 0 Å². The van der Waals surface area contributed by atoms with Gasteiger partial charge in [-0.05, 0) is 25.0 Å². The number of ether oxygens (including phenoxy) is 1. The molecule has 1 aliphatic heterocycles. The maximum atomic E-state index is 10.9. The summed E-state index contributed by atoms with van der Waals surface area (Å²) < 4.78 is 5.45. The zero-order valence-electron chi connectivity index (χ0n) is 10.1. The molecule has 6 nitrogen and oxygen atoms in total. The number of thioether (sulfide) groups is 1. The first-order valence-corrected chi connectivity index (χ1v) is 6.82. The number of carbonyl (C=O) groups is 1. The molecule has 1 fully saturated rings. The Kier molecular flexibility index (Phi) is 4.39. The topological polar surface area (TPSA) is 89.7 Å². The van der Waals surface area contributed by atoms with Gasteiger partial charge in [0.1, 0.15) is 0 Å². The van der Waals surface area contributed by atoms with Gasteiger partial charge in [-0.1, -0.05) is 0 Å². The van der Waals surface area contributed by atoms with Gasteiger partial charge in [0.2, 0.25) is 0 Å². The van der Waals surface area contributed by atoms with E-state index in [9.17, 15) is 14.9 Å². The van der Waals surface area contributed by atoms with Crippen LogP contribution in [0.25, 0.3) is 0 Å². The van der Waals surface area contributed by atoms with Gasteiger partial charge in [-0.3, -0.25) is 10.1 Å². The standard InChI is InChI=1S/C12H13NO5S/c14-12(15)8-3-4-10(13(16)17)11(6-8)19-7-9-2-1-5-18-9/h3-4,6,9H,1-2,5,7H2,(H,14,15). The molecule has 0 amide bonds. The molecule has 7 heteroatoms. The molecule has 1 atom stereocenters. The van der Waals surface area contributed by atoms with Crippen LogP contribution in [0.3, 0.4) is 0 Å². The van der Waals surface area contributed by atoms with Crippen molar-refractivity contribution < 1.29 is 19.6 Å². The highest BCUT2D eigenvalue weighted by Gasteiger charge is 2.20. The minimum atomic E-state index is -1.09. The molecule has 1 aromatic rings. The van der Waals surface area contributed by atoms with E-state index < -0.39 is 10.9 Å². The molecule has 0 aliphatic carbocycles. The van der Waals surface area contributed by atoms with Gasteiger partial charge in [-0.2, -0.15) is 0 Å². The summed E-state index contributed by atoms with van der Waals surface area (Å²) in [7, 11) is 0. The Bertz CT molecular complexity index is 499. The monoisotopic (exact) mass is 283 g/mol. The summed E-state index contributed by atoms with van der Waals surface area (Å²) in [5.41, 5.74) is -0.00608. The molecule has 19 heavy (non-hydrogen) atoms. The van der Waals surface area contributed by atoms with E-state index in [0.29, 0.717) is 10.6 Å². The molecular weight excluding hydrogens is 270 g/mol. The van der Waals surface area contributed by atoms with Crippen LogP contribution in [0.1, 0.15) is 23.2 Å². The van der Waals surface area contributed by atoms with Crippen molar-refractivity contribution in [2.75, 3.05) is 12.4 Å². The van der Waals surface area contributed by atoms with Crippen LogP contribution < -0.4 is 0 Å². The van der Waals surface area contributed by atoms with Crippen LogP contribution in [-0.4, -0.2) is 34.5 Å². The second kappa shape index (κ2) is 6.03. The highest BCUT2D eigenvalue weighted by molar-refractivity contribution is 7.99. The Morgan fingerprint density at radius 1 is 1.58 bits per heavy atom. The summed E-state index contributed by atoms with van der Waals surface area (Å²) in [4.78, 5) is 21.7. The van der Waals surface area contributed by atoms with Gasteiger partial charge in [0.25, 0.3) is 5.69 Å². The molecule has 1 saturated heterocycles. The third-order valence-corrected chi connectivity index (χ3v) is 4.03. The third kappa shape index (κ3) is 3.45. The fourth-order valence-electron chi connectivity index (χ4n) is 1.87. The second-order valence-electron chi connectivity index (χ2n) is 4.19. The van der Waals surface area contributed by atoms with Gasteiger partial charge < -0.3 is 9.84 Å². The quantitative estimate of drug-likeness (QED) is 0.507. The molecule has 102 valence electrons. The lowest BCUT2D eigenvalue weighted by molar-refractivity contribution is -0.387. The largest absolute Gasteiger partial charge is 0.478 e. The van der Waals surface area contributed by atoms with Crippen LogP contribution >= 0.6 is 11.8 Å². The third-order valence-electron chi connectivity index (χ3n) is 2.85. The summed E-state index contributed by atoms with van der Waals surface area (Å²) >= 11 is 1.27. The van der Waals surface area contributed by atoms with E-state index in [4.69, 9.17) is 9.84 Å². The summed E-state index contributed by atoms with van der Waals surface area (Å²) in [5.74, 6) is -0.488. The molecule has 0 radical (unpaired) electrons. The average Bonchev–Trinajstić information content (AvgIpc) is 2.88. The van der Waals surface area contributed by atoms with E-state index in [-0.39, 0.29) is 17.4 Å². The van der Waals surface area contributed by atoms with E-state index in [0.717, 1.165) is 19.4 Å². The minimum Gasteiger partial charge on any atom is -0.478 e. The van der Waals surface area contributed by atoms with E-state index >= 15 is 0 Å². The number of nitrogens with zero attached hydrogens (tertiary/aromatic N) is 1. The summed E-state index contributed by atoms with van der Waals surface area (Å²) in [6, 6.07) is 3.83. The first-order valence-electron chi connectivity index (χ1n) is 5.84. The Labute approximate surface area is 113 Å². The fourth-order valence-corrected chi connectivity index (χ4v) is 3.00. The Balaban J connectivity index is 2.16. The zero-order valence-corrected chi connectivity index (χ0v) is 10.9. The maximum Gasteiger partial charge on any atom is 0.335 e. The van der Waals surface area contributed by atoms with Crippen molar-refractivity contribution in [2.45, 2.75) is 23.8 Å². The van der Waals surface area contributed by atoms with Gasteiger partial charge in [-0.25, -0.2) is 4.79 Å². The van der Waals surface area contributed by atoms with Gasteiger partial charge in [0.05, 0.1) is 21.5 Å². The number of nitro benzene ring substituents is 1. The van der Waals surface area contributed by atoms with Gasteiger partial charge in [0.15, 0.2) is 0 Å². The van der Waals surface area contributed by atoms with E-state index in [2.05, 4.69) is 0 Å². The Morgan fingerprint density at radius 2 is 2.37 bits per heavy atom.